The van der Waals surface area contributed by atoms with Crippen molar-refractivity contribution >= 4 is 27.6 Å². The number of carbonyl (C=O) groups is 2. The van der Waals surface area contributed by atoms with Gasteiger partial charge in [0.2, 0.25) is 15.9 Å². The number of nitrogens with zero attached hydrogens (tertiary/aromatic N) is 4. The van der Waals surface area contributed by atoms with Gasteiger partial charge >= 0.3 is 5.97 Å². The molecule has 0 N–H and O–H groups in total. The fraction of sp³-hybridized carbons (Fsp3) is 0.545. The summed E-state index contributed by atoms with van der Waals surface area (Å²) >= 11 is 0. The van der Waals surface area contributed by atoms with Crippen LogP contribution in [0.2, 0.25) is 0 Å². The van der Waals surface area contributed by atoms with E-state index in [1.807, 2.05) is 6.92 Å². The van der Waals surface area contributed by atoms with Gasteiger partial charge in [-0.05, 0) is 38.3 Å². The molecule has 2 aromatic rings. The lowest BCUT2D eigenvalue weighted by Crippen LogP contribution is -2.43. The molecule has 2 aliphatic heterocycles. The number of sulfonamides is 1. The Bertz CT molecular complexity index is 1190. The number of benzene rings is 1. The molecule has 34 heavy (non-hydrogen) atoms. The number of amides is 1. The van der Waals surface area contributed by atoms with E-state index in [-0.39, 0.29) is 48.8 Å². The lowest BCUT2D eigenvalue weighted by molar-refractivity contribution is -0.149. The summed E-state index contributed by atoms with van der Waals surface area (Å²) in [4.78, 5) is 30.6. The standard InChI is InChI=1S/C22H28N4O7S/c1-4-20-23-19(24-33-20)12-26-16-9-14(3)18(10-17(16)32-13-21(26)27)34(29,30)25-8-6-7-15(11-25)22(28)31-5-2/h9-10,15H,4-8,11-13H2,1-3H3/t15-/m1/s1. The van der Waals surface area contributed by atoms with Crippen molar-refractivity contribution in [1.82, 2.24) is 14.4 Å². The molecule has 0 unspecified atom stereocenters. The molecule has 1 fully saturated rings. The predicted molar refractivity (Wildman–Crippen MR) is 120 cm³/mol. The fourth-order valence-corrected chi connectivity index (χ4v) is 5.92. The zero-order chi connectivity index (χ0) is 24.5. The molecule has 1 amide bonds. The van der Waals surface area contributed by atoms with Crippen LogP contribution in [0.3, 0.4) is 0 Å². The number of ether oxygens (including phenoxy) is 2. The van der Waals surface area contributed by atoms with Crippen LogP contribution in [0.15, 0.2) is 21.6 Å². The molecule has 0 aliphatic carbocycles. The van der Waals surface area contributed by atoms with Crippen molar-refractivity contribution in [3.63, 3.8) is 0 Å². The number of carbonyl (C=O) groups excluding carboxylic acids is 2. The quantitative estimate of drug-likeness (QED) is 0.531. The van der Waals surface area contributed by atoms with Gasteiger partial charge in [-0.25, -0.2) is 8.42 Å². The van der Waals surface area contributed by atoms with Crippen molar-refractivity contribution < 1.29 is 32.0 Å². The summed E-state index contributed by atoms with van der Waals surface area (Å²) in [7, 11) is -3.90. The number of hydrogen-bond donors (Lipinski definition) is 0. The third kappa shape index (κ3) is 4.64. The Kier molecular flexibility index (Phi) is 6.89. The Labute approximate surface area is 198 Å². The van der Waals surface area contributed by atoms with E-state index in [1.165, 1.54) is 15.3 Å². The molecule has 0 radical (unpaired) electrons. The highest BCUT2D eigenvalue weighted by Gasteiger charge is 2.36. The van der Waals surface area contributed by atoms with Crippen LogP contribution in [-0.4, -0.2) is 61.0 Å². The summed E-state index contributed by atoms with van der Waals surface area (Å²) in [5.41, 5.74) is 0.904. The number of aryl methyl sites for hydroxylation is 2. The lowest BCUT2D eigenvalue weighted by Gasteiger charge is -2.32. The van der Waals surface area contributed by atoms with Gasteiger partial charge in [-0.2, -0.15) is 9.29 Å². The number of piperidine rings is 1. The summed E-state index contributed by atoms with van der Waals surface area (Å²) in [5, 5.41) is 3.90. The van der Waals surface area contributed by atoms with Gasteiger partial charge in [0.1, 0.15) is 5.75 Å². The van der Waals surface area contributed by atoms with E-state index in [0.717, 1.165) is 0 Å². The van der Waals surface area contributed by atoms with Crippen LogP contribution in [-0.2, 0) is 37.3 Å². The van der Waals surface area contributed by atoms with Crippen molar-refractivity contribution in [2.75, 3.05) is 31.2 Å². The number of anilines is 1. The molecule has 11 nitrogen and oxygen atoms in total. The molecular weight excluding hydrogens is 464 g/mol. The van der Waals surface area contributed by atoms with Crippen molar-refractivity contribution in [2.45, 2.75) is 51.5 Å². The second-order valence-electron chi connectivity index (χ2n) is 8.27. The summed E-state index contributed by atoms with van der Waals surface area (Å²) in [6.07, 6.45) is 1.73. The minimum atomic E-state index is -3.90. The predicted octanol–water partition coefficient (Wildman–Crippen LogP) is 1.83. The highest BCUT2D eigenvalue weighted by atomic mass is 32.2. The second-order valence-corrected chi connectivity index (χ2v) is 10.2. The van der Waals surface area contributed by atoms with Gasteiger partial charge in [0.25, 0.3) is 5.91 Å². The smallest absolute Gasteiger partial charge is 0.310 e. The monoisotopic (exact) mass is 492 g/mol. The molecule has 184 valence electrons. The number of hydrogen-bond acceptors (Lipinski definition) is 9. The molecule has 2 aliphatic rings. The van der Waals surface area contributed by atoms with Crippen LogP contribution in [0.5, 0.6) is 5.75 Å². The first kappa shape index (κ1) is 24.1. The van der Waals surface area contributed by atoms with E-state index < -0.39 is 15.9 Å². The Morgan fingerprint density at radius 1 is 1.29 bits per heavy atom. The van der Waals surface area contributed by atoms with Gasteiger partial charge in [0, 0.05) is 25.6 Å². The summed E-state index contributed by atoms with van der Waals surface area (Å²) < 4.78 is 44.1. The highest BCUT2D eigenvalue weighted by molar-refractivity contribution is 7.89. The summed E-state index contributed by atoms with van der Waals surface area (Å²) in [6, 6.07) is 3.06. The molecule has 1 aromatic carbocycles. The number of aromatic nitrogens is 2. The van der Waals surface area contributed by atoms with Crippen LogP contribution >= 0.6 is 0 Å². The molecule has 0 spiro atoms. The van der Waals surface area contributed by atoms with E-state index in [4.69, 9.17) is 14.0 Å². The minimum absolute atomic E-state index is 0.0702. The van der Waals surface area contributed by atoms with Crippen molar-refractivity contribution in [2.24, 2.45) is 5.92 Å². The highest BCUT2D eigenvalue weighted by Crippen LogP contribution is 2.38. The maximum atomic E-state index is 13.5. The molecule has 0 bridgehead atoms. The first-order valence-electron chi connectivity index (χ1n) is 11.3. The van der Waals surface area contributed by atoms with Gasteiger partial charge in [-0.15, -0.1) is 0 Å². The fourth-order valence-electron chi connectivity index (χ4n) is 4.18. The van der Waals surface area contributed by atoms with Crippen molar-refractivity contribution in [3.05, 3.63) is 29.4 Å². The topological polar surface area (TPSA) is 132 Å². The third-order valence-corrected chi connectivity index (χ3v) is 7.94. The second kappa shape index (κ2) is 9.71. The lowest BCUT2D eigenvalue weighted by atomic mass is 10.0. The zero-order valence-corrected chi connectivity index (χ0v) is 20.3. The first-order valence-corrected chi connectivity index (χ1v) is 12.7. The average molecular weight is 493 g/mol. The number of esters is 1. The van der Waals surface area contributed by atoms with Crippen LogP contribution < -0.4 is 9.64 Å². The number of rotatable bonds is 7. The zero-order valence-electron chi connectivity index (χ0n) is 19.4. The molecule has 1 aromatic heterocycles. The molecule has 0 saturated carbocycles. The Hall–Kier alpha value is -2.99. The van der Waals surface area contributed by atoms with Crippen molar-refractivity contribution in [3.8, 4) is 5.75 Å². The molecule has 3 heterocycles. The Morgan fingerprint density at radius 3 is 2.79 bits per heavy atom. The van der Waals surface area contributed by atoms with E-state index in [1.54, 1.807) is 19.9 Å². The van der Waals surface area contributed by atoms with Gasteiger partial charge in [-0.3, -0.25) is 14.5 Å². The molecule has 12 heteroatoms. The van der Waals surface area contributed by atoms with Crippen LogP contribution in [0, 0.1) is 12.8 Å². The van der Waals surface area contributed by atoms with Crippen LogP contribution in [0.4, 0.5) is 5.69 Å². The summed E-state index contributed by atoms with van der Waals surface area (Å²) in [5.74, 6) is -0.0639. The molecule has 4 rings (SSSR count). The number of fused-ring (bicyclic) bond motifs is 1. The maximum absolute atomic E-state index is 13.5. The van der Waals surface area contributed by atoms with Gasteiger partial charge in [0.15, 0.2) is 12.4 Å². The largest absolute Gasteiger partial charge is 0.482 e. The minimum Gasteiger partial charge on any atom is -0.482 e. The van der Waals surface area contributed by atoms with Crippen molar-refractivity contribution in [1.29, 1.82) is 0 Å². The normalized spacial score (nSPS) is 19.0. The van der Waals surface area contributed by atoms with Gasteiger partial charge < -0.3 is 14.0 Å². The molecule has 1 saturated heterocycles. The average Bonchev–Trinajstić information content (AvgIpc) is 3.28. The van der Waals surface area contributed by atoms with E-state index in [9.17, 15) is 18.0 Å². The Balaban J connectivity index is 1.62. The van der Waals surface area contributed by atoms with Gasteiger partial charge in [0.05, 0.1) is 29.7 Å². The molecular formula is C22H28N4O7S. The maximum Gasteiger partial charge on any atom is 0.310 e. The van der Waals surface area contributed by atoms with E-state index >= 15 is 0 Å². The van der Waals surface area contributed by atoms with E-state index in [0.29, 0.717) is 48.8 Å². The first-order chi connectivity index (χ1) is 16.2. The van der Waals surface area contributed by atoms with Crippen LogP contribution in [0.25, 0.3) is 0 Å². The summed E-state index contributed by atoms with van der Waals surface area (Å²) in [6.45, 7) is 5.76. The van der Waals surface area contributed by atoms with Crippen LogP contribution in [0.1, 0.15) is 44.0 Å². The van der Waals surface area contributed by atoms with Gasteiger partial charge in [-0.1, -0.05) is 12.1 Å². The molecule has 1 atom stereocenters. The Morgan fingerprint density at radius 2 is 2.09 bits per heavy atom. The SMILES string of the molecule is CCOC(=O)[C@@H]1CCCN(S(=O)(=O)c2cc3c(cc2C)N(Cc2noc(CC)n2)C(=O)CO3)C1. The third-order valence-electron chi connectivity index (χ3n) is 5.93. The van der Waals surface area contributed by atoms with E-state index in [2.05, 4.69) is 10.1 Å².